The summed E-state index contributed by atoms with van der Waals surface area (Å²) in [5, 5.41) is 6.83. The van der Waals surface area contributed by atoms with Gasteiger partial charge in [0, 0.05) is 19.5 Å². The zero-order valence-corrected chi connectivity index (χ0v) is 22.3. The van der Waals surface area contributed by atoms with Gasteiger partial charge in [-0.1, -0.05) is 27.7 Å². The van der Waals surface area contributed by atoms with Crippen LogP contribution in [0.3, 0.4) is 0 Å². The van der Waals surface area contributed by atoms with Crippen molar-refractivity contribution in [3.63, 3.8) is 0 Å². The number of aryl methyl sites for hydroxylation is 2. The topological polar surface area (TPSA) is 49.8 Å². The molecule has 35 heavy (non-hydrogen) atoms. The summed E-state index contributed by atoms with van der Waals surface area (Å²) in [5.41, 5.74) is 14.7. The molecule has 4 nitrogen and oxygen atoms in total. The third kappa shape index (κ3) is 2.98. The zero-order chi connectivity index (χ0) is 24.9. The van der Waals surface area contributed by atoms with E-state index in [2.05, 4.69) is 88.6 Å². The number of nitrogens with one attached hydrogen (secondary N) is 2. The fraction of sp³-hybridized carbons (Fsp3) is 0.419. The molecule has 2 aliphatic rings. The first-order valence-corrected chi connectivity index (χ1v) is 12.8. The van der Waals surface area contributed by atoms with Crippen LogP contribution in [0.5, 0.6) is 0 Å². The fourth-order valence-corrected chi connectivity index (χ4v) is 7.19. The molecule has 0 bridgehead atoms. The Morgan fingerprint density at radius 1 is 0.571 bits per heavy atom. The molecule has 180 valence electrons. The summed E-state index contributed by atoms with van der Waals surface area (Å²) in [4.78, 5) is 10.2. The quantitative estimate of drug-likeness (QED) is 0.310. The predicted octanol–water partition coefficient (Wildman–Crippen LogP) is 7.13. The number of hydrogen-bond donors (Lipinski definition) is 2. The van der Waals surface area contributed by atoms with Crippen LogP contribution < -0.4 is 10.6 Å². The summed E-state index contributed by atoms with van der Waals surface area (Å²) >= 11 is 0. The van der Waals surface area contributed by atoms with Gasteiger partial charge in [-0.05, 0) is 107 Å². The molecule has 1 spiro atoms. The maximum absolute atomic E-state index is 5.13. The van der Waals surface area contributed by atoms with Crippen molar-refractivity contribution in [1.29, 1.82) is 0 Å². The number of hydrogen-bond acceptors (Lipinski definition) is 4. The molecule has 2 aliphatic carbocycles. The molecule has 0 fully saturated rings. The zero-order valence-electron chi connectivity index (χ0n) is 22.3. The highest BCUT2D eigenvalue weighted by Gasteiger charge is 2.56. The van der Waals surface area contributed by atoms with Crippen molar-refractivity contribution < 1.29 is 0 Å². The van der Waals surface area contributed by atoms with Crippen molar-refractivity contribution in [2.75, 3.05) is 24.7 Å². The van der Waals surface area contributed by atoms with Gasteiger partial charge in [-0.25, -0.2) is 9.97 Å². The number of nitrogens with zero attached hydrogens (tertiary/aromatic N) is 2. The molecular weight excluding hydrogens is 428 g/mol. The first-order valence-electron chi connectivity index (χ1n) is 12.8. The third-order valence-corrected chi connectivity index (χ3v) is 8.86. The van der Waals surface area contributed by atoms with Crippen molar-refractivity contribution >= 4 is 33.4 Å². The Morgan fingerprint density at radius 3 is 1.43 bits per heavy atom. The van der Waals surface area contributed by atoms with Crippen LogP contribution in [0.15, 0.2) is 36.4 Å². The number of benzene rings is 3. The fourth-order valence-electron chi connectivity index (χ4n) is 7.19. The second-order valence-electron chi connectivity index (χ2n) is 12.2. The average Bonchev–Trinajstić information content (AvgIpc) is 3.15. The molecule has 6 rings (SSSR count). The van der Waals surface area contributed by atoms with Crippen LogP contribution >= 0.6 is 0 Å². The molecule has 1 heterocycles. The number of aromatic nitrogens is 2. The van der Waals surface area contributed by atoms with Crippen LogP contribution in [0.1, 0.15) is 73.9 Å². The highest BCUT2D eigenvalue weighted by atomic mass is 14.9. The van der Waals surface area contributed by atoms with Crippen molar-refractivity contribution in [3.05, 3.63) is 69.8 Å². The lowest BCUT2D eigenvalue weighted by Crippen LogP contribution is -2.27. The Labute approximate surface area is 208 Å². The first-order chi connectivity index (χ1) is 16.5. The minimum atomic E-state index is -0.0242. The van der Waals surface area contributed by atoms with Crippen molar-refractivity contribution in [3.8, 4) is 0 Å². The molecule has 0 saturated heterocycles. The van der Waals surface area contributed by atoms with Crippen molar-refractivity contribution in [2.45, 2.75) is 70.6 Å². The SMILES string of the molecule is CNc1cc2c(cc1NC)C1(CC2(C)C)CC(C)(C)c2cc3nc4cc(C)c(C)cc4nc3cc21. The van der Waals surface area contributed by atoms with E-state index in [1.165, 1.54) is 33.4 Å². The van der Waals surface area contributed by atoms with E-state index in [9.17, 15) is 0 Å². The third-order valence-electron chi connectivity index (χ3n) is 8.86. The van der Waals surface area contributed by atoms with Crippen molar-refractivity contribution in [2.24, 2.45) is 0 Å². The van der Waals surface area contributed by atoms with Gasteiger partial charge in [-0.2, -0.15) is 0 Å². The van der Waals surface area contributed by atoms with Crippen LogP contribution in [0.25, 0.3) is 22.1 Å². The normalized spacial score (nSPS) is 21.5. The molecule has 0 aliphatic heterocycles. The molecule has 2 N–H and O–H groups in total. The Hall–Kier alpha value is -3.14. The van der Waals surface area contributed by atoms with E-state index in [-0.39, 0.29) is 16.2 Å². The Bertz CT molecular complexity index is 1550. The molecule has 1 aromatic heterocycles. The lowest BCUT2D eigenvalue weighted by Gasteiger charge is -2.30. The van der Waals surface area contributed by atoms with E-state index in [0.29, 0.717) is 0 Å². The second kappa shape index (κ2) is 6.96. The molecule has 0 saturated carbocycles. The summed E-state index contributed by atoms with van der Waals surface area (Å²) in [6.45, 7) is 13.9. The molecule has 0 radical (unpaired) electrons. The van der Waals surface area contributed by atoms with E-state index >= 15 is 0 Å². The van der Waals surface area contributed by atoms with Crippen LogP contribution in [0.2, 0.25) is 0 Å². The molecule has 4 heteroatoms. The van der Waals surface area contributed by atoms with Gasteiger partial charge in [0.05, 0.1) is 33.4 Å². The van der Waals surface area contributed by atoms with E-state index in [0.717, 1.165) is 46.3 Å². The maximum Gasteiger partial charge on any atom is 0.0897 e. The molecule has 4 aromatic rings. The predicted molar refractivity (Wildman–Crippen MR) is 148 cm³/mol. The lowest BCUT2D eigenvalue weighted by atomic mass is 9.72. The number of rotatable bonds is 2. The molecular formula is C31H36N4. The Balaban J connectivity index is 1.66. The molecule has 1 unspecified atom stereocenters. The van der Waals surface area contributed by atoms with E-state index in [1.807, 2.05) is 14.1 Å². The van der Waals surface area contributed by atoms with Gasteiger partial charge in [0.1, 0.15) is 0 Å². The largest absolute Gasteiger partial charge is 0.386 e. The van der Waals surface area contributed by atoms with Crippen LogP contribution in [-0.2, 0) is 16.2 Å². The first kappa shape index (κ1) is 22.3. The lowest BCUT2D eigenvalue weighted by molar-refractivity contribution is 0.350. The van der Waals surface area contributed by atoms with Crippen molar-refractivity contribution in [1.82, 2.24) is 9.97 Å². The summed E-state index contributed by atoms with van der Waals surface area (Å²) in [7, 11) is 4.02. The summed E-state index contributed by atoms with van der Waals surface area (Å²) in [5.74, 6) is 0. The average molecular weight is 465 g/mol. The van der Waals surface area contributed by atoms with Crippen LogP contribution in [0, 0.1) is 13.8 Å². The molecule has 0 amide bonds. The molecule has 3 aromatic carbocycles. The van der Waals surface area contributed by atoms with E-state index < -0.39 is 0 Å². The smallest absolute Gasteiger partial charge is 0.0897 e. The van der Waals surface area contributed by atoms with Gasteiger partial charge >= 0.3 is 0 Å². The van der Waals surface area contributed by atoms with Gasteiger partial charge < -0.3 is 10.6 Å². The minimum Gasteiger partial charge on any atom is -0.386 e. The van der Waals surface area contributed by atoms with E-state index in [1.54, 1.807) is 0 Å². The highest BCUT2D eigenvalue weighted by Crippen LogP contribution is 2.63. The van der Waals surface area contributed by atoms with Crippen LogP contribution in [-0.4, -0.2) is 24.1 Å². The van der Waals surface area contributed by atoms with Gasteiger partial charge in [0.25, 0.3) is 0 Å². The highest BCUT2D eigenvalue weighted by molar-refractivity contribution is 5.89. The standard InChI is InChI=1S/C31H36N4/c1-17-9-25-26(10-18(17)2)35-28-14-22-20(12-27(28)34-25)30(5,6)16-31(22)15-29(3,4)19-11-23(32-7)24(33-8)13-21(19)31/h9-14,32-33H,15-16H2,1-8H3. The van der Waals surface area contributed by atoms with E-state index in [4.69, 9.17) is 9.97 Å². The van der Waals surface area contributed by atoms with Gasteiger partial charge in [0.2, 0.25) is 0 Å². The summed E-state index contributed by atoms with van der Waals surface area (Å²) in [6.07, 6.45) is 2.20. The second-order valence-corrected chi connectivity index (χ2v) is 12.2. The number of anilines is 2. The maximum atomic E-state index is 5.13. The van der Waals surface area contributed by atoms with Gasteiger partial charge in [-0.3, -0.25) is 0 Å². The van der Waals surface area contributed by atoms with Crippen LogP contribution in [0.4, 0.5) is 11.4 Å². The minimum absolute atomic E-state index is 0.0242. The Morgan fingerprint density at radius 2 is 0.943 bits per heavy atom. The number of fused-ring (bicyclic) bond motifs is 6. The summed E-state index contributed by atoms with van der Waals surface area (Å²) < 4.78 is 0. The Kier molecular flexibility index (Phi) is 4.44. The monoisotopic (exact) mass is 464 g/mol. The summed E-state index contributed by atoms with van der Waals surface area (Å²) in [6, 6.07) is 13.8. The molecule has 1 atom stereocenters. The van der Waals surface area contributed by atoms with Gasteiger partial charge in [-0.15, -0.1) is 0 Å². The van der Waals surface area contributed by atoms with Gasteiger partial charge in [0.15, 0.2) is 0 Å².